The molecule has 0 saturated carbocycles. The summed E-state index contributed by atoms with van der Waals surface area (Å²) in [6.07, 6.45) is 6.34. The van der Waals surface area contributed by atoms with Crippen LogP contribution in [0.1, 0.15) is 24.1 Å². The summed E-state index contributed by atoms with van der Waals surface area (Å²) in [5.74, 6) is 2.23. The number of fused-ring (bicyclic) bond motifs is 1. The van der Waals surface area contributed by atoms with E-state index >= 15 is 0 Å². The number of nitrogens with zero attached hydrogens (tertiary/aromatic N) is 3. The molecule has 0 aliphatic carbocycles. The van der Waals surface area contributed by atoms with Crippen molar-refractivity contribution in [3.8, 4) is 11.5 Å². The molecule has 2 aliphatic heterocycles. The van der Waals surface area contributed by atoms with Gasteiger partial charge in [-0.05, 0) is 43.4 Å². The second kappa shape index (κ2) is 6.67. The average Bonchev–Trinajstić information content (AvgIpc) is 3.16. The monoisotopic (exact) mass is 325 g/mol. The quantitative estimate of drug-likeness (QED) is 0.865. The lowest BCUT2D eigenvalue weighted by atomic mass is 9.92. The Bertz CT molecular complexity index is 714. The number of ether oxygens (including phenoxy) is 2. The fourth-order valence-electron chi connectivity index (χ4n) is 3.62. The van der Waals surface area contributed by atoms with Crippen molar-refractivity contribution in [1.82, 2.24) is 10.2 Å². The van der Waals surface area contributed by atoms with Crippen LogP contribution in [0.4, 0.5) is 5.69 Å². The predicted molar refractivity (Wildman–Crippen MR) is 92.9 cm³/mol. The molecule has 2 aromatic rings. The lowest BCUT2D eigenvalue weighted by molar-refractivity contribution is 0.219. The van der Waals surface area contributed by atoms with E-state index in [1.807, 2.05) is 18.3 Å². The highest BCUT2D eigenvalue weighted by Gasteiger charge is 2.22. The molecule has 3 heterocycles. The molecule has 1 aromatic carbocycles. The van der Waals surface area contributed by atoms with Gasteiger partial charge < -0.3 is 14.4 Å². The number of rotatable bonds is 4. The summed E-state index contributed by atoms with van der Waals surface area (Å²) in [6, 6.07) is 8.27. The third-order valence-corrected chi connectivity index (χ3v) is 4.92. The SMILES string of the molecule is COc1ccc2c(c1)OC[C@@H](Cc1cc(N3CCCC3)cnn1)C2. The zero-order valence-electron chi connectivity index (χ0n) is 14.1. The van der Waals surface area contributed by atoms with Gasteiger partial charge in [-0.3, -0.25) is 0 Å². The van der Waals surface area contributed by atoms with Gasteiger partial charge in [0.15, 0.2) is 0 Å². The van der Waals surface area contributed by atoms with Gasteiger partial charge in [0.05, 0.1) is 31.3 Å². The normalized spacial score (nSPS) is 19.7. The standard InChI is InChI=1S/C19H23N3O2/c1-23-18-5-4-15-8-14(13-24-19(15)11-18)9-16-10-17(12-20-21-16)22-6-2-3-7-22/h4-5,10-12,14H,2-3,6-9,13H2,1H3/t14-/m1/s1. The van der Waals surface area contributed by atoms with Crippen LogP contribution in [0, 0.1) is 5.92 Å². The van der Waals surface area contributed by atoms with Crippen LogP contribution in [-0.4, -0.2) is 37.0 Å². The van der Waals surface area contributed by atoms with Gasteiger partial charge in [-0.15, -0.1) is 0 Å². The fourth-order valence-corrected chi connectivity index (χ4v) is 3.62. The molecule has 1 fully saturated rings. The van der Waals surface area contributed by atoms with Crippen LogP contribution in [0.2, 0.25) is 0 Å². The van der Waals surface area contributed by atoms with Crippen molar-refractivity contribution >= 4 is 5.69 Å². The Morgan fingerprint density at radius 1 is 1.25 bits per heavy atom. The lowest BCUT2D eigenvalue weighted by Gasteiger charge is -2.25. The van der Waals surface area contributed by atoms with Crippen molar-refractivity contribution in [2.45, 2.75) is 25.7 Å². The smallest absolute Gasteiger partial charge is 0.126 e. The third kappa shape index (κ3) is 3.16. The maximum absolute atomic E-state index is 5.94. The Labute approximate surface area is 142 Å². The molecule has 0 unspecified atom stereocenters. The third-order valence-electron chi connectivity index (χ3n) is 4.92. The number of methoxy groups -OCH3 is 1. The van der Waals surface area contributed by atoms with Crippen molar-refractivity contribution in [2.75, 3.05) is 31.7 Å². The van der Waals surface area contributed by atoms with E-state index < -0.39 is 0 Å². The van der Waals surface area contributed by atoms with Crippen LogP contribution in [-0.2, 0) is 12.8 Å². The maximum Gasteiger partial charge on any atom is 0.126 e. The average molecular weight is 325 g/mol. The van der Waals surface area contributed by atoms with Gasteiger partial charge in [0, 0.05) is 25.1 Å². The molecule has 0 amide bonds. The van der Waals surface area contributed by atoms with Crippen molar-refractivity contribution in [2.24, 2.45) is 5.92 Å². The summed E-state index contributed by atoms with van der Waals surface area (Å²) < 4.78 is 11.2. The number of aromatic nitrogens is 2. The van der Waals surface area contributed by atoms with Crippen molar-refractivity contribution < 1.29 is 9.47 Å². The van der Waals surface area contributed by atoms with Crippen LogP contribution < -0.4 is 14.4 Å². The van der Waals surface area contributed by atoms with Gasteiger partial charge in [0.2, 0.25) is 0 Å². The summed E-state index contributed by atoms with van der Waals surface area (Å²) >= 11 is 0. The minimum Gasteiger partial charge on any atom is -0.497 e. The van der Waals surface area contributed by atoms with Crippen LogP contribution in [0.15, 0.2) is 30.5 Å². The maximum atomic E-state index is 5.94. The van der Waals surface area contributed by atoms with Crippen LogP contribution in [0.3, 0.4) is 0 Å². The Morgan fingerprint density at radius 3 is 2.96 bits per heavy atom. The van der Waals surface area contributed by atoms with E-state index in [9.17, 15) is 0 Å². The molecule has 0 radical (unpaired) electrons. The molecule has 1 saturated heterocycles. The van der Waals surface area contributed by atoms with E-state index in [-0.39, 0.29) is 0 Å². The molecule has 4 rings (SSSR count). The highest BCUT2D eigenvalue weighted by molar-refractivity contribution is 5.46. The second-order valence-electron chi connectivity index (χ2n) is 6.66. The number of anilines is 1. The van der Waals surface area contributed by atoms with Crippen molar-refractivity contribution in [3.63, 3.8) is 0 Å². The van der Waals surface area contributed by atoms with Gasteiger partial charge in [-0.25, -0.2) is 0 Å². The molecule has 0 bridgehead atoms. The molecular weight excluding hydrogens is 302 g/mol. The first-order chi connectivity index (χ1) is 11.8. The van der Waals surface area contributed by atoms with Gasteiger partial charge in [-0.2, -0.15) is 10.2 Å². The summed E-state index contributed by atoms with van der Waals surface area (Å²) in [5, 5.41) is 8.55. The molecule has 2 aliphatic rings. The Balaban J connectivity index is 1.45. The van der Waals surface area contributed by atoms with E-state index in [1.165, 1.54) is 24.1 Å². The minimum atomic E-state index is 0.439. The lowest BCUT2D eigenvalue weighted by Crippen LogP contribution is -2.24. The van der Waals surface area contributed by atoms with Crippen LogP contribution in [0.5, 0.6) is 11.5 Å². The van der Waals surface area contributed by atoms with Gasteiger partial charge in [0.25, 0.3) is 0 Å². The summed E-state index contributed by atoms with van der Waals surface area (Å²) in [5.41, 5.74) is 3.51. The van der Waals surface area contributed by atoms with Crippen molar-refractivity contribution in [3.05, 3.63) is 41.7 Å². The van der Waals surface area contributed by atoms with Gasteiger partial charge in [-0.1, -0.05) is 6.07 Å². The van der Waals surface area contributed by atoms with E-state index in [0.717, 1.165) is 49.7 Å². The molecule has 5 nitrogen and oxygen atoms in total. The Kier molecular flexibility index (Phi) is 4.24. The second-order valence-corrected chi connectivity index (χ2v) is 6.66. The number of hydrogen-bond acceptors (Lipinski definition) is 5. The van der Waals surface area contributed by atoms with Crippen LogP contribution in [0.25, 0.3) is 0 Å². The first-order valence-corrected chi connectivity index (χ1v) is 8.68. The van der Waals surface area contributed by atoms with Gasteiger partial charge in [0.1, 0.15) is 11.5 Å². The molecule has 5 heteroatoms. The topological polar surface area (TPSA) is 47.5 Å². The first-order valence-electron chi connectivity index (χ1n) is 8.68. The summed E-state index contributed by atoms with van der Waals surface area (Å²) in [4.78, 5) is 2.40. The highest BCUT2D eigenvalue weighted by Crippen LogP contribution is 2.32. The fraction of sp³-hybridized carbons (Fsp3) is 0.474. The molecule has 126 valence electrons. The molecule has 1 atom stereocenters. The zero-order valence-corrected chi connectivity index (χ0v) is 14.1. The number of hydrogen-bond donors (Lipinski definition) is 0. The first kappa shape index (κ1) is 15.2. The minimum absolute atomic E-state index is 0.439. The molecular formula is C19H23N3O2. The summed E-state index contributed by atoms with van der Waals surface area (Å²) in [7, 11) is 1.68. The van der Waals surface area contributed by atoms with E-state index in [2.05, 4.69) is 27.2 Å². The molecule has 0 spiro atoms. The highest BCUT2D eigenvalue weighted by atomic mass is 16.5. The van der Waals surface area contributed by atoms with Crippen LogP contribution >= 0.6 is 0 Å². The zero-order chi connectivity index (χ0) is 16.4. The van der Waals surface area contributed by atoms with E-state index in [4.69, 9.17) is 9.47 Å². The molecule has 1 aromatic heterocycles. The predicted octanol–water partition coefficient (Wildman–Crippen LogP) is 2.88. The Morgan fingerprint density at radius 2 is 2.12 bits per heavy atom. The Hall–Kier alpha value is -2.30. The number of benzene rings is 1. The van der Waals surface area contributed by atoms with Crippen molar-refractivity contribution in [1.29, 1.82) is 0 Å². The van der Waals surface area contributed by atoms with Gasteiger partial charge >= 0.3 is 0 Å². The van der Waals surface area contributed by atoms with E-state index in [0.29, 0.717) is 5.92 Å². The largest absolute Gasteiger partial charge is 0.497 e. The molecule has 24 heavy (non-hydrogen) atoms. The van der Waals surface area contributed by atoms with E-state index in [1.54, 1.807) is 7.11 Å². The molecule has 0 N–H and O–H groups in total. The summed E-state index contributed by atoms with van der Waals surface area (Å²) in [6.45, 7) is 2.98.